The first-order valence-corrected chi connectivity index (χ1v) is 9.80. The SMILES string of the molecule is COCCNC(=O)c1cccc(S(=O)(=O)N2CC(C)CC(C(=O)O)C2)c1. The predicted molar refractivity (Wildman–Crippen MR) is 94.3 cm³/mol. The van der Waals surface area contributed by atoms with Crippen LogP contribution in [-0.2, 0) is 19.6 Å². The lowest BCUT2D eigenvalue weighted by Gasteiger charge is -2.33. The number of nitrogens with zero attached hydrogens (tertiary/aromatic N) is 1. The first-order chi connectivity index (χ1) is 12.3. The Morgan fingerprint density at radius 2 is 2.08 bits per heavy atom. The maximum absolute atomic E-state index is 12.9. The Morgan fingerprint density at radius 1 is 1.35 bits per heavy atom. The predicted octanol–water partition coefficient (Wildman–Crippen LogP) is 0.794. The highest BCUT2D eigenvalue weighted by Gasteiger charge is 2.36. The summed E-state index contributed by atoms with van der Waals surface area (Å²) in [6.07, 6.45) is 0.448. The van der Waals surface area contributed by atoms with E-state index in [-0.39, 0.29) is 29.5 Å². The lowest BCUT2D eigenvalue weighted by atomic mass is 9.92. The van der Waals surface area contributed by atoms with E-state index in [9.17, 15) is 23.1 Å². The van der Waals surface area contributed by atoms with E-state index in [2.05, 4.69) is 5.32 Å². The molecule has 1 amide bonds. The van der Waals surface area contributed by atoms with E-state index in [0.717, 1.165) is 0 Å². The Hall–Kier alpha value is -1.97. The zero-order chi connectivity index (χ0) is 19.3. The molecule has 1 aliphatic rings. The molecule has 2 atom stereocenters. The van der Waals surface area contributed by atoms with Crippen LogP contribution in [0.4, 0.5) is 0 Å². The molecule has 1 aromatic rings. The molecule has 0 spiro atoms. The molecule has 9 heteroatoms. The normalized spacial score (nSPS) is 21.3. The third-order valence-electron chi connectivity index (χ3n) is 4.30. The minimum absolute atomic E-state index is 0.0184. The summed E-state index contributed by atoms with van der Waals surface area (Å²) in [6, 6.07) is 5.75. The van der Waals surface area contributed by atoms with Gasteiger partial charge in [-0.05, 0) is 30.5 Å². The molecular formula is C17H24N2O6S. The smallest absolute Gasteiger partial charge is 0.307 e. The van der Waals surface area contributed by atoms with E-state index in [1.165, 1.54) is 35.7 Å². The maximum atomic E-state index is 12.9. The quantitative estimate of drug-likeness (QED) is 0.672. The van der Waals surface area contributed by atoms with Crippen molar-refractivity contribution in [2.45, 2.75) is 18.2 Å². The highest BCUT2D eigenvalue weighted by molar-refractivity contribution is 7.89. The van der Waals surface area contributed by atoms with Crippen LogP contribution in [0.1, 0.15) is 23.7 Å². The summed E-state index contributed by atoms with van der Waals surface area (Å²) >= 11 is 0. The Labute approximate surface area is 153 Å². The van der Waals surface area contributed by atoms with Crippen LogP contribution in [0.25, 0.3) is 0 Å². The summed E-state index contributed by atoms with van der Waals surface area (Å²) in [7, 11) is -2.36. The second kappa shape index (κ2) is 8.61. The van der Waals surface area contributed by atoms with Crippen molar-refractivity contribution in [3.8, 4) is 0 Å². The fraction of sp³-hybridized carbons (Fsp3) is 0.529. The number of benzene rings is 1. The molecule has 2 unspecified atom stereocenters. The van der Waals surface area contributed by atoms with Gasteiger partial charge < -0.3 is 15.2 Å². The van der Waals surface area contributed by atoms with Crippen LogP contribution < -0.4 is 5.32 Å². The number of rotatable bonds is 7. The van der Waals surface area contributed by atoms with Gasteiger partial charge in [-0.3, -0.25) is 9.59 Å². The summed E-state index contributed by atoms with van der Waals surface area (Å²) in [6.45, 7) is 2.70. The number of methoxy groups -OCH3 is 1. The van der Waals surface area contributed by atoms with Crippen molar-refractivity contribution >= 4 is 21.9 Å². The second-order valence-corrected chi connectivity index (χ2v) is 8.41. The van der Waals surface area contributed by atoms with Gasteiger partial charge in [-0.15, -0.1) is 0 Å². The molecule has 1 aromatic carbocycles. The van der Waals surface area contributed by atoms with Crippen LogP contribution >= 0.6 is 0 Å². The summed E-state index contributed by atoms with van der Waals surface area (Å²) in [5.41, 5.74) is 0.224. The molecule has 2 rings (SSSR count). The summed E-state index contributed by atoms with van der Waals surface area (Å²) < 4.78 is 31.9. The molecule has 0 aliphatic carbocycles. The van der Waals surface area contributed by atoms with Gasteiger partial charge in [-0.25, -0.2) is 8.42 Å². The van der Waals surface area contributed by atoms with E-state index < -0.39 is 27.8 Å². The number of piperidine rings is 1. The summed E-state index contributed by atoms with van der Waals surface area (Å²) in [5, 5.41) is 11.9. The number of carbonyl (C=O) groups excluding carboxylic acids is 1. The largest absolute Gasteiger partial charge is 0.481 e. The maximum Gasteiger partial charge on any atom is 0.307 e. The van der Waals surface area contributed by atoms with Gasteiger partial charge in [-0.2, -0.15) is 4.31 Å². The highest BCUT2D eigenvalue weighted by atomic mass is 32.2. The average Bonchev–Trinajstić information content (AvgIpc) is 2.61. The monoisotopic (exact) mass is 384 g/mol. The number of nitrogens with one attached hydrogen (secondary N) is 1. The van der Waals surface area contributed by atoms with Crippen LogP contribution in [0.5, 0.6) is 0 Å². The lowest BCUT2D eigenvalue weighted by molar-refractivity contribution is -0.143. The molecule has 8 nitrogen and oxygen atoms in total. The number of carboxylic acid groups (broad SMARTS) is 1. The molecule has 1 aliphatic heterocycles. The summed E-state index contributed by atoms with van der Waals surface area (Å²) in [5.74, 6) is -2.17. The number of hydrogen-bond donors (Lipinski definition) is 2. The Kier molecular flexibility index (Phi) is 6.74. The zero-order valence-corrected chi connectivity index (χ0v) is 15.7. The van der Waals surface area contributed by atoms with Crippen molar-refractivity contribution in [1.29, 1.82) is 0 Å². The lowest BCUT2D eigenvalue weighted by Crippen LogP contribution is -2.45. The number of aliphatic carboxylic acids is 1. The third kappa shape index (κ3) is 4.80. The molecule has 26 heavy (non-hydrogen) atoms. The van der Waals surface area contributed by atoms with Gasteiger partial charge in [0.05, 0.1) is 17.4 Å². The Balaban J connectivity index is 2.22. The number of hydrogen-bond acceptors (Lipinski definition) is 5. The molecule has 0 radical (unpaired) electrons. The van der Waals surface area contributed by atoms with Crippen molar-refractivity contribution < 1.29 is 27.9 Å². The summed E-state index contributed by atoms with van der Waals surface area (Å²) in [4.78, 5) is 23.4. The van der Waals surface area contributed by atoms with Crippen molar-refractivity contribution in [3.63, 3.8) is 0 Å². The first-order valence-electron chi connectivity index (χ1n) is 8.36. The van der Waals surface area contributed by atoms with E-state index >= 15 is 0 Å². The van der Waals surface area contributed by atoms with Gasteiger partial charge >= 0.3 is 5.97 Å². The van der Waals surface area contributed by atoms with Crippen molar-refractivity contribution in [3.05, 3.63) is 29.8 Å². The van der Waals surface area contributed by atoms with Gasteiger partial charge in [0.25, 0.3) is 5.91 Å². The molecule has 1 heterocycles. The van der Waals surface area contributed by atoms with Gasteiger partial charge in [0, 0.05) is 32.3 Å². The molecule has 1 saturated heterocycles. The number of carbonyl (C=O) groups is 2. The topological polar surface area (TPSA) is 113 Å². The number of sulfonamides is 1. The molecule has 144 valence electrons. The molecule has 2 N–H and O–H groups in total. The number of amides is 1. The average molecular weight is 384 g/mol. The minimum atomic E-state index is -3.88. The van der Waals surface area contributed by atoms with E-state index in [0.29, 0.717) is 19.6 Å². The van der Waals surface area contributed by atoms with E-state index in [4.69, 9.17) is 4.74 Å². The first kappa shape index (κ1) is 20.3. The van der Waals surface area contributed by atoms with Crippen molar-refractivity contribution in [1.82, 2.24) is 9.62 Å². The molecular weight excluding hydrogens is 360 g/mol. The minimum Gasteiger partial charge on any atom is -0.481 e. The Bertz CT molecular complexity index is 764. The van der Waals surface area contributed by atoms with Crippen LogP contribution in [0.3, 0.4) is 0 Å². The molecule has 0 saturated carbocycles. The number of ether oxygens (including phenoxy) is 1. The van der Waals surface area contributed by atoms with Crippen molar-refractivity contribution in [2.24, 2.45) is 11.8 Å². The van der Waals surface area contributed by atoms with E-state index in [1.54, 1.807) is 0 Å². The molecule has 0 bridgehead atoms. The third-order valence-corrected chi connectivity index (χ3v) is 6.13. The van der Waals surface area contributed by atoms with Crippen molar-refractivity contribution in [2.75, 3.05) is 33.4 Å². The van der Waals surface area contributed by atoms with Crippen LogP contribution in [0.15, 0.2) is 29.2 Å². The fourth-order valence-electron chi connectivity index (χ4n) is 2.99. The standard InChI is InChI=1S/C17H24N2O6S/c1-12-8-14(17(21)22)11-19(10-12)26(23,24)15-5-3-4-13(9-15)16(20)18-6-7-25-2/h3-5,9,12,14H,6-8,10-11H2,1-2H3,(H,18,20)(H,21,22). The molecule has 1 fully saturated rings. The fourth-order valence-corrected chi connectivity index (χ4v) is 4.64. The van der Waals surface area contributed by atoms with Gasteiger partial charge in [0.1, 0.15) is 0 Å². The number of carboxylic acids is 1. The van der Waals surface area contributed by atoms with E-state index in [1.807, 2.05) is 6.92 Å². The van der Waals surface area contributed by atoms with Gasteiger partial charge in [-0.1, -0.05) is 13.0 Å². The highest BCUT2D eigenvalue weighted by Crippen LogP contribution is 2.27. The Morgan fingerprint density at radius 3 is 2.73 bits per heavy atom. The van der Waals surface area contributed by atoms with Crippen LogP contribution in [-0.4, -0.2) is 63.1 Å². The van der Waals surface area contributed by atoms with Crippen LogP contribution in [0.2, 0.25) is 0 Å². The zero-order valence-electron chi connectivity index (χ0n) is 14.8. The van der Waals surface area contributed by atoms with Gasteiger partial charge in [0.15, 0.2) is 0 Å². The second-order valence-electron chi connectivity index (χ2n) is 6.47. The molecule has 0 aromatic heterocycles. The van der Waals surface area contributed by atoms with Crippen LogP contribution in [0, 0.1) is 11.8 Å². The van der Waals surface area contributed by atoms with Gasteiger partial charge in [0.2, 0.25) is 10.0 Å².